The highest BCUT2D eigenvalue weighted by atomic mass is 32.2. The summed E-state index contributed by atoms with van der Waals surface area (Å²) < 4.78 is 43.5. The Morgan fingerprint density at radius 2 is 1.87 bits per heavy atom. The van der Waals surface area contributed by atoms with Gasteiger partial charge < -0.3 is 14.2 Å². The molecule has 2 aromatic carbocycles. The van der Waals surface area contributed by atoms with Crippen molar-refractivity contribution in [3.8, 4) is 11.5 Å². The third-order valence-corrected chi connectivity index (χ3v) is 4.69. The van der Waals surface area contributed by atoms with Gasteiger partial charge >= 0.3 is 0 Å². The van der Waals surface area contributed by atoms with Crippen LogP contribution in [0.5, 0.6) is 11.5 Å². The summed E-state index contributed by atoms with van der Waals surface area (Å²) in [4.78, 5) is 0.124. The largest absolute Gasteiger partial charge is 0.486 e. The van der Waals surface area contributed by atoms with Crippen molar-refractivity contribution >= 4 is 15.7 Å². The molecular formula is C16H17NO5S. The number of nitrogens with one attached hydrogen (secondary N) is 1. The second kappa shape index (κ2) is 6.47. The number of hydrogen-bond donors (Lipinski definition) is 1. The summed E-state index contributed by atoms with van der Waals surface area (Å²) in [6.45, 7) is 1.28. The van der Waals surface area contributed by atoms with E-state index in [1.807, 2.05) is 6.07 Å². The maximum absolute atomic E-state index is 12.5. The minimum atomic E-state index is -3.70. The molecule has 0 fully saturated rings. The summed E-state index contributed by atoms with van der Waals surface area (Å²) in [5.74, 6) is 0.990. The van der Waals surface area contributed by atoms with Gasteiger partial charge in [0.15, 0.2) is 11.5 Å². The van der Waals surface area contributed by atoms with Gasteiger partial charge in [-0.05, 0) is 29.8 Å². The second-order valence-electron chi connectivity index (χ2n) is 5.04. The average Bonchev–Trinajstić information content (AvgIpc) is 2.54. The molecule has 1 N–H and O–H groups in total. The fourth-order valence-electron chi connectivity index (χ4n) is 2.30. The SMILES string of the molecule is COCc1cccc(NS(=O)(=O)c2ccc3c(c2)OCCO3)c1. The van der Waals surface area contributed by atoms with Crippen LogP contribution in [0.3, 0.4) is 0 Å². The highest BCUT2D eigenvalue weighted by Crippen LogP contribution is 2.32. The average molecular weight is 335 g/mol. The molecule has 1 aliphatic heterocycles. The Labute approximate surface area is 135 Å². The third-order valence-electron chi connectivity index (χ3n) is 3.31. The molecular weight excluding hydrogens is 318 g/mol. The molecule has 0 aromatic heterocycles. The van der Waals surface area contributed by atoms with E-state index in [4.69, 9.17) is 14.2 Å². The van der Waals surface area contributed by atoms with Crippen LogP contribution < -0.4 is 14.2 Å². The zero-order chi connectivity index (χ0) is 16.3. The molecule has 6 nitrogen and oxygen atoms in total. The summed E-state index contributed by atoms with van der Waals surface area (Å²) in [6.07, 6.45) is 0. The molecule has 1 heterocycles. The number of fused-ring (bicyclic) bond motifs is 1. The molecule has 0 bridgehead atoms. The number of anilines is 1. The van der Waals surface area contributed by atoms with Crippen LogP contribution >= 0.6 is 0 Å². The van der Waals surface area contributed by atoms with Crippen molar-refractivity contribution in [3.05, 3.63) is 48.0 Å². The van der Waals surface area contributed by atoms with Crippen molar-refractivity contribution < 1.29 is 22.6 Å². The number of sulfonamides is 1. The third kappa shape index (κ3) is 3.57. The van der Waals surface area contributed by atoms with E-state index in [1.165, 1.54) is 12.1 Å². The summed E-state index contributed by atoms with van der Waals surface area (Å²) in [7, 11) is -2.12. The lowest BCUT2D eigenvalue weighted by Crippen LogP contribution is -2.17. The van der Waals surface area contributed by atoms with Gasteiger partial charge in [0.2, 0.25) is 0 Å². The first-order valence-corrected chi connectivity index (χ1v) is 8.57. The van der Waals surface area contributed by atoms with Gasteiger partial charge in [0.1, 0.15) is 13.2 Å². The normalized spacial score (nSPS) is 13.6. The van der Waals surface area contributed by atoms with E-state index in [9.17, 15) is 8.42 Å². The van der Waals surface area contributed by atoms with Crippen molar-refractivity contribution in [2.45, 2.75) is 11.5 Å². The van der Waals surface area contributed by atoms with Gasteiger partial charge in [-0.2, -0.15) is 0 Å². The summed E-state index contributed by atoms with van der Waals surface area (Å²) in [5, 5.41) is 0. The quantitative estimate of drug-likeness (QED) is 0.908. The van der Waals surface area contributed by atoms with Crippen LogP contribution in [0.4, 0.5) is 5.69 Å². The highest BCUT2D eigenvalue weighted by Gasteiger charge is 2.19. The maximum atomic E-state index is 12.5. The maximum Gasteiger partial charge on any atom is 0.262 e. The van der Waals surface area contributed by atoms with E-state index in [-0.39, 0.29) is 4.90 Å². The van der Waals surface area contributed by atoms with Crippen molar-refractivity contribution in [3.63, 3.8) is 0 Å². The van der Waals surface area contributed by atoms with Gasteiger partial charge in [-0.1, -0.05) is 12.1 Å². The molecule has 122 valence electrons. The molecule has 3 rings (SSSR count). The predicted molar refractivity (Wildman–Crippen MR) is 85.4 cm³/mol. The number of methoxy groups -OCH3 is 1. The molecule has 0 unspecified atom stereocenters. The van der Waals surface area contributed by atoms with E-state index in [0.717, 1.165) is 5.56 Å². The molecule has 0 spiro atoms. The monoisotopic (exact) mass is 335 g/mol. The standard InChI is InChI=1S/C16H17NO5S/c1-20-11-12-3-2-4-13(9-12)17-23(18,19)14-5-6-15-16(10-14)22-8-7-21-15/h2-6,9-10,17H,7-8,11H2,1H3. The predicted octanol–water partition coefficient (Wildman–Crippen LogP) is 2.41. The number of rotatable bonds is 5. The lowest BCUT2D eigenvalue weighted by atomic mass is 10.2. The van der Waals surface area contributed by atoms with Gasteiger partial charge in [0.25, 0.3) is 10.0 Å². The molecule has 0 radical (unpaired) electrons. The molecule has 0 saturated carbocycles. The Balaban J connectivity index is 1.85. The molecule has 0 atom stereocenters. The van der Waals surface area contributed by atoms with Crippen LogP contribution in [0.1, 0.15) is 5.56 Å². The zero-order valence-corrected chi connectivity index (χ0v) is 13.4. The number of ether oxygens (including phenoxy) is 3. The van der Waals surface area contributed by atoms with E-state index in [2.05, 4.69) is 4.72 Å². The van der Waals surface area contributed by atoms with E-state index in [0.29, 0.717) is 37.0 Å². The smallest absolute Gasteiger partial charge is 0.262 e. The molecule has 7 heteroatoms. The first-order valence-electron chi connectivity index (χ1n) is 7.09. The number of benzene rings is 2. The van der Waals surface area contributed by atoms with Gasteiger partial charge in [0, 0.05) is 18.9 Å². The Kier molecular flexibility index (Phi) is 4.40. The lowest BCUT2D eigenvalue weighted by Gasteiger charge is -2.19. The van der Waals surface area contributed by atoms with Crippen LogP contribution in [0.2, 0.25) is 0 Å². The van der Waals surface area contributed by atoms with Crippen molar-refractivity contribution in [2.75, 3.05) is 25.0 Å². The fourth-order valence-corrected chi connectivity index (χ4v) is 3.36. The Morgan fingerprint density at radius 1 is 1.09 bits per heavy atom. The molecule has 1 aliphatic rings. The second-order valence-corrected chi connectivity index (χ2v) is 6.73. The van der Waals surface area contributed by atoms with Crippen molar-refractivity contribution in [1.29, 1.82) is 0 Å². The van der Waals surface area contributed by atoms with Crippen LogP contribution in [0, 0.1) is 0 Å². The zero-order valence-electron chi connectivity index (χ0n) is 12.6. The Bertz CT molecular complexity index is 804. The molecule has 23 heavy (non-hydrogen) atoms. The summed E-state index contributed by atoms with van der Waals surface area (Å²) in [5.41, 5.74) is 1.37. The van der Waals surface area contributed by atoms with Gasteiger partial charge in [-0.25, -0.2) is 8.42 Å². The molecule has 0 amide bonds. The first-order chi connectivity index (χ1) is 11.1. The summed E-state index contributed by atoms with van der Waals surface area (Å²) in [6, 6.07) is 11.6. The van der Waals surface area contributed by atoms with E-state index in [1.54, 1.807) is 31.4 Å². The minimum absolute atomic E-state index is 0.124. The van der Waals surface area contributed by atoms with Crippen LogP contribution in [-0.2, 0) is 21.4 Å². The van der Waals surface area contributed by atoms with E-state index < -0.39 is 10.0 Å². The van der Waals surface area contributed by atoms with Gasteiger partial charge in [-0.15, -0.1) is 0 Å². The van der Waals surface area contributed by atoms with Gasteiger partial charge in [-0.3, -0.25) is 4.72 Å². The fraction of sp³-hybridized carbons (Fsp3) is 0.250. The molecule has 0 saturated heterocycles. The van der Waals surface area contributed by atoms with Crippen LogP contribution in [0.15, 0.2) is 47.4 Å². The molecule has 0 aliphatic carbocycles. The van der Waals surface area contributed by atoms with Crippen LogP contribution in [-0.4, -0.2) is 28.7 Å². The topological polar surface area (TPSA) is 73.9 Å². The van der Waals surface area contributed by atoms with Crippen LogP contribution in [0.25, 0.3) is 0 Å². The molecule has 2 aromatic rings. The Morgan fingerprint density at radius 3 is 2.65 bits per heavy atom. The van der Waals surface area contributed by atoms with Gasteiger partial charge in [0.05, 0.1) is 11.5 Å². The minimum Gasteiger partial charge on any atom is -0.486 e. The lowest BCUT2D eigenvalue weighted by molar-refractivity contribution is 0.171. The van der Waals surface area contributed by atoms with Crippen molar-refractivity contribution in [1.82, 2.24) is 0 Å². The summed E-state index contributed by atoms with van der Waals surface area (Å²) >= 11 is 0. The Hall–Kier alpha value is -2.25. The van der Waals surface area contributed by atoms with E-state index >= 15 is 0 Å². The highest BCUT2D eigenvalue weighted by molar-refractivity contribution is 7.92. The first kappa shape index (κ1) is 15.6. The number of hydrogen-bond acceptors (Lipinski definition) is 5. The van der Waals surface area contributed by atoms with Crippen molar-refractivity contribution in [2.24, 2.45) is 0 Å².